The van der Waals surface area contributed by atoms with Gasteiger partial charge in [0.05, 0.1) is 0 Å². The van der Waals surface area contributed by atoms with E-state index in [0.717, 1.165) is 10.9 Å². The highest BCUT2D eigenvalue weighted by Crippen LogP contribution is 2.27. The second-order valence-electron chi connectivity index (χ2n) is 5.98. The van der Waals surface area contributed by atoms with Crippen LogP contribution < -0.4 is 16.2 Å². The summed E-state index contributed by atoms with van der Waals surface area (Å²) >= 11 is 11.1. The molecular weight excluding hydrogens is 322 g/mol. The summed E-state index contributed by atoms with van der Waals surface area (Å²) in [6, 6.07) is 5.22. The number of carbonyl (C=O) groups excluding carboxylic acids is 1. The van der Waals surface area contributed by atoms with Crippen molar-refractivity contribution >= 4 is 45.8 Å². The van der Waals surface area contributed by atoms with Crippen LogP contribution in [0.2, 0.25) is 5.02 Å². The summed E-state index contributed by atoms with van der Waals surface area (Å²) in [6.07, 6.45) is 0. The number of hydrazine groups is 1. The molecule has 7 heteroatoms. The fourth-order valence-electron chi connectivity index (χ4n) is 1.95. The number of nitrogens with one attached hydrogen (secondary N) is 3. The summed E-state index contributed by atoms with van der Waals surface area (Å²) in [5, 5.41) is 4.77. The van der Waals surface area contributed by atoms with Gasteiger partial charge in [-0.05, 0) is 58.1 Å². The largest absolute Gasteiger partial charge is 0.451 e. The summed E-state index contributed by atoms with van der Waals surface area (Å²) in [4.78, 5) is 12.2. The van der Waals surface area contributed by atoms with E-state index < -0.39 is 5.91 Å². The van der Waals surface area contributed by atoms with Crippen LogP contribution in [-0.4, -0.2) is 16.6 Å². The van der Waals surface area contributed by atoms with Crippen LogP contribution in [0.25, 0.3) is 11.0 Å². The number of thiocarbonyl (C=S) groups is 1. The Labute approximate surface area is 139 Å². The molecule has 22 heavy (non-hydrogen) atoms. The summed E-state index contributed by atoms with van der Waals surface area (Å²) in [5.74, 6) is -0.175. The van der Waals surface area contributed by atoms with Gasteiger partial charge in [-0.1, -0.05) is 11.6 Å². The molecule has 118 valence electrons. The van der Waals surface area contributed by atoms with Gasteiger partial charge in [-0.25, -0.2) is 0 Å². The zero-order chi connectivity index (χ0) is 16.5. The van der Waals surface area contributed by atoms with Crippen LogP contribution in [0, 0.1) is 6.92 Å². The van der Waals surface area contributed by atoms with Gasteiger partial charge in [-0.3, -0.25) is 15.6 Å². The summed E-state index contributed by atoms with van der Waals surface area (Å²) < 4.78 is 5.57. The molecule has 0 atom stereocenters. The molecule has 1 amide bonds. The van der Waals surface area contributed by atoms with Gasteiger partial charge in [-0.2, -0.15) is 0 Å². The molecule has 2 rings (SSSR count). The highest BCUT2D eigenvalue weighted by Gasteiger charge is 2.18. The molecule has 2 aromatic rings. The number of benzene rings is 1. The first kappa shape index (κ1) is 16.6. The predicted molar refractivity (Wildman–Crippen MR) is 92.0 cm³/mol. The molecule has 0 fully saturated rings. The molecule has 0 unspecified atom stereocenters. The zero-order valence-corrected chi connectivity index (χ0v) is 14.4. The average Bonchev–Trinajstić information content (AvgIpc) is 2.71. The van der Waals surface area contributed by atoms with Crippen molar-refractivity contribution in [2.75, 3.05) is 0 Å². The van der Waals surface area contributed by atoms with Crippen LogP contribution in [0.15, 0.2) is 22.6 Å². The second kappa shape index (κ2) is 6.14. The molecule has 0 bridgehead atoms. The quantitative estimate of drug-likeness (QED) is 0.549. The van der Waals surface area contributed by atoms with Gasteiger partial charge in [0.2, 0.25) is 0 Å². The van der Waals surface area contributed by atoms with Crippen molar-refractivity contribution in [3.63, 3.8) is 0 Å². The molecule has 0 spiro atoms. The Morgan fingerprint density at radius 1 is 1.27 bits per heavy atom. The van der Waals surface area contributed by atoms with Crippen LogP contribution in [0.4, 0.5) is 0 Å². The third-order valence-electron chi connectivity index (χ3n) is 2.88. The average molecular weight is 340 g/mol. The number of carbonyl (C=O) groups is 1. The minimum Gasteiger partial charge on any atom is -0.451 e. The van der Waals surface area contributed by atoms with E-state index in [0.29, 0.717) is 15.7 Å². The number of aryl methyl sites for hydroxylation is 1. The van der Waals surface area contributed by atoms with Crippen molar-refractivity contribution in [2.24, 2.45) is 0 Å². The number of hydrogen-bond donors (Lipinski definition) is 3. The maximum atomic E-state index is 12.2. The number of rotatable bonds is 1. The highest BCUT2D eigenvalue weighted by molar-refractivity contribution is 7.80. The normalized spacial score (nSPS) is 11.3. The smallest absolute Gasteiger partial charge is 0.305 e. The van der Waals surface area contributed by atoms with E-state index in [1.165, 1.54) is 0 Å². The molecule has 0 aliphatic heterocycles. The van der Waals surface area contributed by atoms with E-state index in [9.17, 15) is 4.79 Å². The van der Waals surface area contributed by atoms with Gasteiger partial charge >= 0.3 is 5.91 Å². The molecule has 0 saturated carbocycles. The molecule has 3 N–H and O–H groups in total. The van der Waals surface area contributed by atoms with Crippen LogP contribution in [0.1, 0.15) is 36.9 Å². The molecule has 0 saturated heterocycles. The van der Waals surface area contributed by atoms with Gasteiger partial charge in [0.25, 0.3) is 0 Å². The van der Waals surface area contributed by atoms with Crippen molar-refractivity contribution in [2.45, 2.75) is 33.2 Å². The van der Waals surface area contributed by atoms with Crippen molar-refractivity contribution in [3.05, 3.63) is 34.5 Å². The lowest BCUT2D eigenvalue weighted by molar-refractivity contribution is 0.0916. The summed E-state index contributed by atoms with van der Waals surface area (Å²) in [5.41, 5.74) is 6.32. The Bertz CT molecular complexity index is 734. The zero-order valence-electron chi connectivity index (χ0n) is 12.8. The fourth-order valence-corrected chi connectivity index (χ4v) is 2.48. The van der Waals surface area contributed by atoms with Crippen LogP contribution in [0.5, 0.6) is 0 Å². The Kier molecular flexibility index (Phi) is 4.63. The van der Waals surface area contributed by atoms with Crippen molar-refractivity contribution in [3.8, 4) is 0 Å². The molecule has 0 aliphatic carbocycles. The van der Waals surface area contributed by atoms with Gasteiger partial charge < -0.3 is 9.73 Å². The maximum Gasteiger partial charge on any atom is 0.305 e. The Balaban J connectivity index is 2.10. The monoisotopic (exact) mass is 339 g/mol. The van der Waals surface area contributed by atoms with E-state index in [-0.39, 0.29) is 11.3 Å². The first-order valence-electron chi connectivity index (χ1n) is 6.74. The third-order valence-corrected chi connectivity index (χ3v) is 3.32. The SMILES string of the molecule is Cc1c(C(=O)NNC(=S)NC(C)(C)C)oc2ccc(Cl)cc12. The topological polar surface area (TPSA) is 66.3 Å². The standard InChI is InChI=1S/C15H18ClN3O2S/c1-8-10-7-9(16)5-6-11(10)21-12(8)13(20)18-19-14(22)17-15(2,3)4/h5-7H,1-4H3,(H,18,20)(H2,17,19,22). The lowest BCUT2D eigenvalue weighted by atomic mass is 10.1. The van der Waals surface area contributed by atoms with Crippen molar-refractivity contribution < 1.29 is 9.21 Å². The number of halogens is 1. The summed E-state index contributed by atoms with van der Waals surface area (Å²) in [6.45, 7) is 7.71. The van der Waals surface area contributed by atoms with Gasteiger partial charge in [0, 0.05) is 21.5 Å². The van der Waals surface area contributed by atoms with Gasteiger partial charge in [0.15, 0.2) is 10.9 Å². The third kappa shape index (κ3) is 3.90. The predicted octanol–water partition coefficient (Wildman–Crippen LogP) is 3.30. The molecule has 1 aromatic heterocycles. The lowest BCUT2D eigenvalue weighted by Gasteiger charge is -2.22. The Morgan fingerprint density at radius 3 is 2.59 bits per heavy atom. The summed E-state index contributed by atoms with van der Waals surface area (Å²) in [7, 11) is 0. The molecule has 0 aliphatic rings. The van der Waals surface area contributed by atoms with E-state index >= 15 is 0 Å². The fraction of sp³-hybridized carbons (Fsp3) is 0.333. The van der Waals surface area contributed by atoms with Gasteiger partial charge in [-0.15, -0.1) is 0 Å². The second-order valence-corrected chi connectivity index (χ2v) is 6.82. The Morgan fingerprint density at radius 2 is 1.95 bits per heavy atom. The minimum absolute atomic E-state index is 0.194. The Hall–Kier alpha value is -1.79. The molecular formula is C15H18ClN3O2S. The highest BCUT2D eigenvalue weighted by atomic mass is 35.5. The minimum atomic E-state index is -0.400. The first-order valence-corrected chi connectivity index (χ1v) is 7.53. The van der Waals surface area contributed by atoms with Crippen molar-refractivity contribution in [1.29, 1.82) is 0 Å². The van der Waals surface area contributed by atoms with Crippen molar-refractivity contribution in [1.82, 2.24) is 16.2 Å². The molecule has 5 nitrogen and oxygen atoms in total. The molecule has 0 radical (unpaired) electrons. The van der Waals surface area contributed by atoms with Crippen LogP contribution in [0.3, 0.4) is 0 Å². The van der Waals surface area contributed by atoms with Crippen LogP contribution >= 0.6 is 23.8 Å². The van der Waals surface area contributed by atoms with E-state index in [1.807, 2.05) is 27.7 Å². The van der Waals surface area contributed by atoms with Gasteiger partial charge in [0.1, 0.15) is 5.58 Å². The number of amides is 1. The number of fused-ring (bicyclic) bond motifs is 1. The molecule has 1 aromatic carbocycles. The number of furan rings is 1. The van der Waals surface area contributed by atoms with E-state index in [4.69, 9.17) is 28.2 Å². The molecule has 1 heterocycles. The van der Waals surface area contributed by atoms with Crippen LogP contribution in [-0.2, 0) is 0 Å². The first-order chi connectivity index (χ1) is 10.2. The maximum absolute atomic E-state index is 12.2. The van der Waals surface area contributed by atoms with E-state index in [1.54, 1.807) is 18.2 Å². The van der Waals surface area contributed by atoms with E-state index in [2.05, 4.69) is 16.2 Å². The number of hydrogen-bond acceptors (Lipinski definition) is 3. The lowest BCUT2D eigenvalue weighted by Crippen LogP contribution is -2.52.